The maximum Gasteiger partial charge on any atom is 0.304 e. The van der Waals surface area contributed by atoms with Crippen LogP contribution in [0.25, 0.3) is 10.9 Å². The van der Waals surface area contributed by atoms with E-state index in [1.807, 2.05) is 66.9 Å². The van der Waals surface area contributed by atoms with Crippen LogP contribution in [0.15, 0.2) is 63.9 Å². The number of likely N-dealkylation sites (tertiary alicyclic amines) is 1. The van der Waals surface area contributed by atoms with Crippen LogP contribution in [0.2, 0.25) is 0 Å². The first kappa shape index (κ1) is 21.7. The number of azo groups is 1. The van der Waals surface area contributed by atoms with Gasteiger partial charge in [0, 0.05) is 5.39 Å². The zero-order chi connectivity index (χ0) is 22.5. The Morgan fingerprint density at radius 2 is 1.81 bits per heavy atom. The fourth-order valence-corrected chi connectivity index (χ4v) is 3.80. The van der Waals surface area contributed by atoms with E-state index < -0.39 is 5.91 Å². The van der Waals surface area contributed by atoms with Crippen LogP contribution in [0.1, 0.15) is 30.9 Å². The summed E-state index contributed by atoms with van der Waals surface area (Å²) in [5.41, 5.74) is 3.88. The summed E-state index contributed by atoms with van der Waals surface area (Å²) in [5.74, 6) is -0.579. The van der Waals surface area contributed by atoms with Crippen LogP contribution in [-0.4, -0.2) is 45.9 Å². The van der Waals surface area contributed by atoms with E-state index in [0.29, 0.717) is 12.4 Å². The number of benzene rings is 2. The average Bonchev–Trinajstić information content (AvgIpc) is 3.40. The van der Waals surface area contributed by atoms with Gasteiger partial charge in [0.05, 0.1) is 17.9 Å². The predicted molar refractivity (Wildman–Crippen MR) is 123 cm³/mol. The van der Waals surface area contributed by atoms with Gasteiger partial charge in [-0.1, -0.05) is 53.2 Å². The van der Waals surface area contributed by atoms with Crippen molar-refractivity contribution in [1.29, 1.82) is 0 Å². The molecule has 32 heavy (non-hydrogen) atoms. The smallest absolute Gasteiger partial charge is 0.304 e. The number of amides is 1. The number of nitrogens with zero attached hydrogens (tertiary/aromatic N) is 5. The Morgan fingerprint density at radius 3 is 2.56 bits per heavy atom. The molecule has 0 radical (unpaired) electrons. The Balaban J connectivity index is 1.45. The van der Waals surface area contributed by atoms with E-state index >= 15 is 0 Å². The minimum Gasteiger partial charge on any atom is -0.493 e. The number of carbonyl (C=O) groups is 1. The first-order valence-corrected chi connectivity index (χ1v) is 10.7. The fourth-order valence-electron chi connectivity index (χ4n) is 3.80. The van der Waals surface area contributed by atoms with Gasteiger partial charge in [-0.05, 0) is 51.4 Å². The van der Waals surface area contributed by atoms with E-state index in [1.54, 1.807) is 0 Å². The van der Waals surface area contributed by atoms with Gasteiger partial charge in [-0.3, -0.25) is 14.3 Å². The molecule has 1 aromatic heterocycles. The Labute approximate surface area is 186 Å². The van der Waals surface area contributed by atoms with E-state index in [0.717, 1.165) is 48.0 Å². The van der Waals surface area contributed by atoms with Crippen molar-refractivity contribution in [2.45, 2.75) is 33.4 Å². The van der Waals surface area contributed by atoms with Gasteiger partial charge in [0.2, 0.25) is 5.88 Å². The molecule has 1 aliphatic rings. The second-order valence-electron chi connectivity index (χ2n) is 7.99. The van der Waals surface area contributed by atoms with E-state index in [4.69, 9.17) is 4.84 Å². The van der Waals surface area contributed by atoms with Gasteiger partial charge in [0.15, 0.2) is 12.3 Å². The van der Waals surface area contributed by atoms with Crippen molar-refractivity contribution < 1.29 is 14.7 Å². The molecule has 8 nitrogen and oxygen atoms in total. The summed E-state index contributed by atoms with van der Waals surface area (Å²) in [5, 5.41) is 23.3. The number of fused-ring (bicyclic) bond motifs is 1. The molecule has 4 rings (SSSR count). The lowest BCUT2D eigenvalue weighted by Crippen LogP contribution is -2.22. The van der Waals surface area contributed by atoms with E-state index in [9.17, 15) is 9.90 Å². The summed E-state index contributed by atoms with van der Waals surface area (Å²) in [7, 11) is 0. The van der Waals surface area contributed by atoms with Crippen LogP contribution >= 0.6 is 0 Å². The topological polar surface area (TPSA) is 91.8 Å². The van der Waals surface area contributed by atoms with Crippen molar-refractivity contribution in [2.24, 2.45) is 15.4 Å². The second-order valence-corrected chi connectivity index (χ2v) is 7.99. The minimum absolute atomic E-state index is 0.00352. The van der Waals surface area contributed by atoms with Crippen molar-refractivity contribution >= 4 is 28.2 Å². The highest BCUT2D eigenvalue weighted by Gasteiger charge is 2.20. The largest absolute Gasteiger partial charge is 0.493 e. The monoisotopic (exact) mass is 433 g/mol. The number of hydrogen-bond acceptors (Lipinski definition) is 6. The Bertz CT molecular complexity index is 1160. The zero-order valence-corrected chi connectivity index (χ0v) is 18.4. The maximum atomic E-state index is 12.2. The molecule has 8 heteroatoms. The standard InChI is InChI=1S/C24H27N5O3/c1-17-9-11-19(12-10-17)18(2)27-32-15-22(30)25-26-23-20-7-3-4-8-21(20)29(24(23)31)16-28-13-5-6-14-28/h3-4,7-12,31H,5-6,13-16H2,1-2H3/b26-25?,27-18-. The molecule has 2 heterocycles. The minimum atomic E-state index is -0.582. The van der Waals surface area contributed by atoms with Crippen molar-refractivity contribution in [3.8, 4) is 5.88 Å². The van der Waals surface area contributed by atoms with Crippen molar-refractivity contribution in [2.75, 3.05) is 19.7 Å². The third-order valence-corrected chi connectivity index (χ3v) is 5.58. The van der Waals surface area contributed by atoms with Crippen molar-refractivity contribution in [1.82, 2.24) is 9.47 Å². The van der Waals surface area contributed by atoms with Gasteiger partial charge in [0.1, 0.15) is 0 Å². The zero-order valence-electron chi connectivity index (χ0n) is 18.4. The first-order valence-electron chi connectivity index (χ1n) is 10.7. The van der Waals surface area contributed by atoms with Crippen LogP contribution < -0.4 is 0 Å². The number of rotatable bonds is 7. The first-order chi connectivity index (χ1) is 15.5. The molecule has 0 saturated carbocycles. The van der Waals surface area contributed by atoms with Crippen molar-refractivity contribution in [3.63, 3.8) is 0 Å². The summed E-state index contributed by atoms with van der Waals surface area (Å²) >= 11 is 0. The molecule has 0 spiro atoms. The summed E-state index contributed by atoms with van der Waals surface area (Å²) in [4.78, 5) is 19.6. The maximum absolute atomic E-state index is 12.2. The molecule has 0 aliphatic carbocycles. The molecular weight excluding hydrogens is 406 g/mol. The Morgan fingerprint density at radius 1 is 1.09 bits per heavy atom. The van der Waals surface area contributed by atoms with Crippen LogP contribution in [0, 0.1) is 6.92 Å². The number of aromatic nitrogens is 1. The molecule has 1 fully saturated rings. The van der Waals surface area contributed by atoms with Gasteiger partial charge < -0.3 is 9.94 Å². The molecule has 0 bridgehead atoms. The molecule has 2 aromatic carbocycles. The van der Waals surface area contributed by atoms with Crippen LogP contribution in [0.5, 0.6) is 5.88 Å². The highest BCUT2D eigenvalue weighted by molar-refractivity contribution is 5.98. The highest BCUT2D eigenvalue weighted by Crippen LogP contribution is 2.39. The Hall–Kier alpha value is -3.52. The lowest BCUT2D eigenvalue weighted by atomic mass is 10.1. The molecule has 0 unspecified atom stereocenters. The van der Waals surface area contributed by atoms with Crippen LogP contribution in [-0.2, 0) is 16.3 Å². The number of para-hydroxylation sites is 1. The fraction of sp³-hybridized carbons (Fsp3) is 0.333. The molecular formula is C24H27N5O3. The van der Waals surface area contributed by atoms with Gasteiger partial charge in [-0.25, -0.2) is 0 Å². The number of hydrogen-bond donors (Lipinski definition) is 1. The Kier molecular flexibility index (Phi) is 6.61. The number of aryl methyl sites for hydroxylation is 1. The second kappa shape index (κ2) is 9.74. The lowest BCUT2D eigenvalue weighted by molar-refractivity contribution is -0.122. The molecule has 0 atom stereocenters. The normalized spacial score (nSPS) is 15.1. The van der Waals surface area contributed by atoms with E-state index in [1.165, 1.54) is 0 Å². The highest BCUT2D eigenvalue weighted by atomic mass is 16.6. The molecule has 1 N–H and O–H groups in total. The number of oxime groups is 1. The molecule has 1 saturated heterocycles. The summed E-state index contributed by atoms with van der Waals surface area (Å²) in [6.07, 6.45) is 2.32. The lowest BCUT2D eigenvalue weighted by Gasteiger charge is -2.17. The summed E-state index contributed by atoms with van der Waals surface area (Å²) in [6.45, 7) is 6.07. The molecule has 3 aromatic rings. The summed E-state index contributed by atoms with van der Waals surface area (Å²) < 4.78 is 1.81. The molecule has 1 amide bonds. The quantitative estimate of drug-likeness (QED) is 0.330. The average molecular weight is 434 g/mol. The number of aromatic hydroxyl groups is 1. The van der Waals surface area contributed by atoms with Crippen molar-refractivity contribution in [3.05, 3.63) is 59.7 Å². The molecule has 166 valence electrons. The SMILES string of the molecule is C/C(=N/OCC(=O)N=Nc1c(O)n(CN2CCCC2)c2ccccc12)c1ccc(C)cc1. The van der Waals surface area contributed by atoms with E-state index in [2.05, 4.69) is 20.3 Å². The predicted octanol–water partition coefficient (Wildman–Crippen LogP) is 4.76. The van der Waals surface area contributed by atoms with Gasteiger partial charge in [0.25, 0.3) is 0 Å². The third-order valence-electron chi connectivity index (χ3n) is 5.58. The molecule has 1 aliphatic heterocycles. The number of carbonyl (C=O) groups excluding carboxylic acids is 1. The van der Waals surface area contributed by atoms with Gasteiger partial charge in [-0.2, -0.15) is 0 Å². The van der Waals surface area contributed by atoms with Gasteiger partial charge in [-0.15, -0.1) is 10.2 Å². The summed E-state index contributed by atoms with van der Waals surface area (Å²) in [6, 6.07) is 15.4. The van der Waals surface area contributed by atoms with E-state index in [-0.39, 0.29) is 18.2 Å². The van der Waals surface area contributed by atoms with Crippen LogP contribution in [0.3, 0.4) is 0 Å². The van der Waals surface area contributed by atoms with Gasteiger partial charge >= 0.3 is 5.91 Å². The van der Waals surface area contributed by atoms with Crippen LogP contribution in [0.4, 0.5) is 5.69 Å². The third kappa shape index (κ3) is 4.86.